The van der Waals surface area contributed by atoms with E-state index in [9.17, 15) is 8.78 Å². The van der Waals surface area contributed by atoms with Crippen molar-refractivity contribution >= 4 is 0 Å². The van der Waals surface area contributed by atoms with Gasteiger partial charge in [-0.1, -0.05) is 20.8 Å². The van der Waals surface area contributed by atoms with Crippen molar-refractivity contribution in [2.24, 2.45) is 11.7 Å². The highest BCUT2D eigenvalue weighted by molar-refractivity contribution is 5.26. The fourth-order valence-corrected chi connectivity index (χ4v) is 1.77. The molecule has 1 unspecified atom stereocenters. The number of nitrogens with two attached hydrogens (primary N) is 1. The lowest BCUT2D eigenvalue weighted by molar-refractivity contribution is 0.303. The summed E-state index contributed by atoms with van der Waals surface area (Å²) in [5, 5.41) is 0. The summed E-state index contributed by atoms with van der Waals surface area (Å²) in [6.45, 7) is 5.82. The van der Waals surface area contributed by atoms with E-state index in [2.05, 4.69) is 0 Å². The van der Waals surface area contributed by atoms with Gasteiger partial charge in [0.15, 0.2) is 0 Å². The molecule has 0 aliphatic rings. The van der Waals surface area contributed by atoms with E-state index in [-0.39, 0.29) is 5.92 Å². The first-order valence-electron chi connectivity index (χ1n) is 5.15. The van der Waals surface area contributed by atoms with E-state index in [4.69, 9.17) is 5.73 Å². The van der Waals surface area contributed by atoms with Crippen molar-refractivity contribution < 1.29 is 8.78 Å². The number of benzene rings is 1. The van der Waals surface area contributed by atoms with Crippen LogP contribution in [0, 0.1) is 17.6 Å². The van der Waals surface area contributed by atoms with Crippen LogP contribution in [-0.2, 0) is 5.54 Å². The maximum Gasteiger partial charge on any atom is 0.126 e. The molecule has 0 saturated heterocycles. The quantitative estimate of drug-likeness (QED) is 0.819. The second kappa shape index (κ2) is 4.27. The maximum absolute atomic E-state index is 13.1. The van der Waals surface area contributed by atoms with Crippen LogP contribution in [0.3, 0.4) is 0 Å². The van der Waals surface area contributed by atoms with Gasteiger partial charge in [0.25, 0.3) is 0 Å². The first-order chi connectivity index (χ1) is 6.90. The normalized spacial score (nSPS) is 15.4. The monoisotopic (exact) mass is 213 g/mol. The van der Waals surface area contributed by atoms with Gasteiger partial charge in [-0.25, -0.2) is 8.78 Å². The van der Waals surface area contributed by atoms with Crippen molar-refractivity contribution in [1.82, 2.24) is 0 Å². The molecule has 1 aromatic carbocycles. The molecular formula is C12H17F2N. The Kier molecular flexibility index (Phi) is 3.45. The lowest BCUT2D eigenvalue weighted by Crippen LogP contribution is -2.41. The first kappa shape index (κ1) is 12.1. The van der Waals surface area contributed by atoms with Gasteiger partial charge in [-0.3, -0.25) is 0 Å². The second-order valence-electron chi connectivity index (χ2n) is 4.21. The number of rotatable bonds is 3. The molecule has 3 heteroatoms. The Morgan fingerprint density at radius 1 is 1.20 bits per heavy atom. The van der Waals surface area contributed by atoms with Gasteiger partial charge in [0.05, 0.1) is 0 Å². The molecule has 0 bridgehead atoms. The molecule has 0 aromatic heterocycles. The van der Waals surface area contributed by atoms with Gasteiger partial charge < -0.3 is 5.73 Å². The SMILES string of the molecule is CCC(N)(c1cc(F)cc(F)c1)C(C)C. The van der Waals surface area contributed by atoms with Crippen LogP contribution in [0.15, 0.2) is 18.2 Å². The maximum atomic E-state index is 13.1. The molecule has 1 aromatic rings. The highest BCUT2D eigenvalue weighted by Gasteiger charge is 2.29. The summed E-state index contributed by atoms with van der Waals surface area (Å²) in [6, 6.07) is 3.49. The van der Waals surface area contributed by atoms with E-state index in [1.165, 1.54) is 12.1 Å². The molecule has 0 radical (unpaired) electrons. The summed E-state index contributed by atoms with van der Waals surface area (Å²) < 4.78 is 26.1. The van der Waals surface area contributed by atoms with E-state index in [1.807, 2.05) is 20.8 Å². The summed E-state index contributed by atoms with van der Waals surface area (Å²) >= 11 is 0. The third-order valence-electron chi connectivity index (χ3n) is 3.02. The molecule has 1 nitrogen and oxygen atoms in total. The van der Waals surface area contributed by atoms with Gasteiger partial charge in [-0.2, -0.15) is 0 Å². The molecule has 0 saturated carbocycles. The molecule has 15 heavy (non-hydrogen) atoms. The average Bonchev–Trinajstić information content (AvgIpc) is 2.14. The molecule has 0 amide bonds. The smallest absolute Gasteiger partial charge is 0.126 e. The number of hydrogen-bond donors (Lipinski definition) is 1. The third kappa shape index (κ3) is 2.34. The van der Waals surface area contributed by atoms with Gasteiger partial charge in [0.1, 0.15) is 11.6 Å². The van der Waals surface area contributed by atoms with E-state index >= 15 is 0 Å². The minimum Gasteiger partial charge on any atom is -0.321 e. The molecular weight excluding hydrogens is 196 g/mol. The number of hydrogen-bond acceptors (Lipinski definition) is 1. The largest absolute Gasteiger partial charge is 0.321 e. The molecule has 0 aliphatic heterocycles. The Morgan fingerprint density at radius 3 is 2.00 bits per heavy atom. The Hall–Kier alpha value is -0.960. The fraction of sp³-hybridized carbons (Fsp3) is 0.500. The van der Waals surface area contributed by atoms with Crippen LogP contribution in [0.25, 0.3) is 0 Å². The van der Waals surface area contributed by atoms with Crippen LogP contribution >= 0.6 is 0 Å². The van der Waals surface area contributed by atoms with Crippen LogP contribution < -0.4 is 5.73 Å². The predicted molar refractivity (Wildman–Crippen MR) is 57.4 cm³/mol. The molecule has 0 spiro atoms. The highest BCUT2D eigenvalue weighted by atomic mass is 19.1. The highest BCUT2D eigenvalue weighted by Crippen LogP contribution is 2.30. The van der Waals surface area contributed by atoms with Crippen LogP contribution in [0.1, 0.15) is 32.8 Å². The lowest BCUT2D eigenvalue weighted by atomic mass is 9.79. The Morgan fingerprint density at radius 2 is 1.67 bits per heavy atom. The van der Waals surface area contributed by atoms with Gasteiger partial charge in [0, 0.05) is 11.6 Å². The van der Waals surface area contributed by atoms with Gasteiger partial charge in [0.2, 0.25) is 0 Å². The van der Waals surface area contributed by atoms with E-state index < -0.39 is 17.2 Å². The van der Waals surface area contributed by atoms with Crippen molar-refractivity contribution in [3.63, 3.8) is 0 Å². The zero-order valence-electron chi connectivity index (χ0n) is 9.35. The predicted octanol–water partition coefficient (Wildman–Crippen LogP) is 3.18. The third-order valence-corrected chi connectivity index (χ3v) is 3.02. The van der Waals surface area contributed by atoms with Crippen molar-refractivity contribution in [1.29, 1.82) is 0 Å². The van der Waals surface area contributed by atoms with Crippen LogP contribution in [0.2, 0.25) is 0 Å². The standard InChI is InChI=1S/C12H17F2N/c1-4-12(15,8(2)3)9-5-10(13)7-11(14)6-9/h5-8H,4,15H2,1-3H3. The molecule has 0 aliphatic carbocycles. The zero-order chi connectivity index (χ0) is 11.6. The van der Waals surface area contributed by atoms with Gasteiger partial charge in [-0.05, 0) is 30.0 Å². The Balaban J connectivity index is 3.23. The zero-order valence-corrected chi connectivity index (χ0v) is 9.35. The minimum atomic E-state index is -0.664. The lowest BCUT2D eigenvalue weighted by Gasteiger charge is -2.33. The van der Waals surface area contributed by atoms with Crippen LogP contribution in [-0.4, -0.2) is 0 Å². The van der Waals surface area contributed by atoms with Gasteiger partial charge in [-0.15, -0.1) is 0 Å². The molecule has 2 N–H and O–H groups in total. The second-order valence-corrected chi connectivity index (χ2v) is 4.21. The van der Waals surface area contributed by atoms with Crippen molar-refractivity contribution in [3.05, 3.63) is 35.4 Å². The molecule has 1 rings (SSSR count). The molecule has 1 atom stereocenters. The molecule has 84 valence electrons. The Labute approximate surface area is 89.3 Å². The molecule has 0 heterocycles. The summed E-state index contributed by atoms with van der Waals surface area (Å²) in [4.78, 5) is 0. The first-order valence-corrected chi connectivity index (χ1v) is 5.15. The number of halogens is 2. The van der Waals surface area contributed by atoms with E-state index in [0.717, 1.165) is 6.07 Å². The van der Waals surface area contributed by atoms with E-state index in [1.54, 1.807) is 0 Å². The Bertz CT molecular complexity index is 329. The van der Waals surface area contributed by atoms with Crippen molar-refractivity contribution in [3.8, 4) is 0 Å². The van der Waals surface area contributed by atoms with Crippen LogP contribution in [0.4, 0.5) is 8.78 Å². The molecule has 0 fully saturated rings. The van der Waals surface area contributed by atoms with E-state index in [0.29, 0.717) is 12.0 Å². The van der Waals surface area contributed by atoms with Crippen LogP contribution in [0.5, 0.6) is 0 Å². The topological polar surface area (TPSA) is 26.0 Å². The minimum absolute atomic E-state index is 0.128. The van der Waals surface area contributed by atoms with Crippen molar-refractivity contribution in [2.75, 3.05) is 0 Å². The summed E-state index contributed by atoms with van der Waals surface area (Å²) in [5.41, 5.74) is 6.03. The summed E-state index contributed by atoms with van der Waals surface area (Å²) in [7, 11) is 0. The van der Waals surface area contributed by atoms with Crippen molar-refractivity contribution in [2.45, 2.75) is 32.7 Å². The van der Waals surface area contributed by atoms with Gasteiger partial charge >= 0.3 is 0 Å². The summed E-state index contributed by atoms with van der Waals surface area (Å²) in [5.74, 6) is -1.02. The summed E-state index contributed by atoms with van der Waals surface area (Å²) in [6.07, 6.45) is 0.646. The average molecular weight is 213 g/mol. The fourth-order valence-electron chi connectivity index (χ4n) is 1.77.